The topological polar surface area (TPSA) is 156 Å². The van der Waals surface area contributed by atoms with Crippen molar-refractivity contribution < 1.29 is 34.4 Å². The summed E-state index contributed by atoms with van der Waals surface area (Å²) in [6.07, 6.45) is 10.1. The lowest BCUT2D eigenvalue weighted by Crippen LogP contribution is -2.66. The van der Waals surface area contributed by atoms with Crippen molar-refractivity contribution in [3.63, 3.8) is 0 Å². The Morgan fingerprint density at radius 3 is 2.37 bits per heavy atom. The molecule has 0 spiro atoms. The van der Waals surface area contributed by atoms with Gasteiger partial charge < -0.3 is 24.6 Å². The number of hydrogen-bond acceptors (Lipinski definition) is 8. The molecule has 10 unspecified atom stereocenters. The van der Waals surface area contributed by atoms with Gasteiger partial charge in [0.15, 0.2) is 11.4 Å². The zero-order valence-corrected chi connectivity index (χ0v) is 36.6. The molecule has 0 amide bonds. The smallest absolute Gasteiger partial charge is 0.343 e. The van der Waals surface area contributed by atoms with Gasteiger partial charge in [0.2, 0.25) is 0 Å². The fourth-order valence-electron chi connectivity index (χ4n) is 14.3. The molecule has 3 aromatic rings. The molecule has 0 bridgehead atoms. The SMILES string of the molecule is CC1(C(=O)O)CCC2(C)CCC3(C)C(=CC(=O)C4C5(C)CCC(O)C(C)(C)C5CCC43C)C2C1.CCC1(O)C(=O)OCc2c1cc1n(c2=O)Cc2cc3ccccc3nc2-1. The Morgan fingerprint density at radius 2 is 1.65 bits per heavy atom. The van der Waals surface area contributed by atoms with Crippen LogP contribution in [-0.2, 0) is 37.9 Å². The number of carbonyl (C=O) groups excluding carboxylic acids is 2. The Morgan fingerprint density at radius 1 is 0.933 bits per heavy atom. The summed E-state index contributed by atoms with van der Waals surface area (Å²) in [4.78, 5) is 56.3. The average Bonchev–Trinajstić information content (AvgIpc) is 3.56. The maximum absolute atomic E-state index is 14.2. The fourth-order valence-corrected chi connectivity index (χ4v) is 14.3. The molecular weight excluding hydrogens is 757 g/mol. The largest absolute Gasteiger partial charge is 0.481 e. The van der Waals surface area contributed by atoms with Crippen LogP contribution in [0.4, 0.5) is 0 Å². The highest BCUT2D eigenvalue weighted by atomic mass is 16.6. The maximum Gasteiger partial charge on any atom is 0.343 e. The van der Waals surface area contributed by atoms with Gasteiger partial charge in [-0.15, -0.1) is 0 Å². The Balaban J connectivity index is 0.000000159. The van der Waals surface area contributed by atoms with Crippen LogP contribution < -0.4 is 5.56 Å². The van der Waals surface area contributed by atoms with E-state index in [0.29, 0.717) is 35.7 Å². The monoisotopic (exact) mass is 818 g/mol. The standard InChI is InChI=1S/C30H46O4.C20H16N2O4/c1-25(2)21-8-11-30(7)23(28(21,5)10-9-22(25)32)20(31)16-18-19-17-27(4,24(33)34)13-12-26(19,3)14-15-29(18,30)6;1-2-20(25)14-8-16-17-12(7-11-5-3-4-6-15(11)21-17)9-22(16)18(23)13(14)10-26-19(20)24/h16,19,21-23,32H,8-15,17H2,1-7H3,(H,33,34);3-8,25H,2,9-10H2,1H3. The summed E-state index contributed by atoms with van der Waals surface area (Å²) in [6.45, 7) is 17.8. The molecular formula is C50H62N2O8. The number of fused-ring (bicyclic) bond motifs is 12. The number of carbonyl (C=O) groups is 3. The second-order valence-corrected chi connectivity index (χ2v) is 21.7. The number of benzene rings is 1. The number of allylic oxidation sites excluding steroid dienone is 2. The number of pyridine rings is 2. The Labute approximate surface area is 352 Å². The number of carboxylic acids is 1. The number of hydrogen-bond donors (Lipinski definition) is 3. The number of para-hydroxylation sites is 1. The van der Waals surface area contributed by atoms with E-state index in [0.717, 1.165) is 73.5 Å². The summed E-state index contributed by atoms with van der Waals surface area (Å²) in [6, 6.07) is 11.6. The van der Waals surface area contributed by atoms with Crippen molar-refractivity contribution in [2.24, 2.45) is 50.2 Å². The number of aliphatic hydroxyl groups excluding tert-OH is 1. The molecule has 10 heteroatoms. The molecule has 10 atom stereocenters. The summed E-state index contributed by atoms with van der Waals surface area (Å²) < 4.78 is 6.72. The summed E-state index contributed by atoms with van der Waals surface area (Å²) in [5, 5.41) is 32.8. The molecule has 4 saturated carbocycles. The number of aliphatic hydroxyl groups is 2. The Kier molecular flexibility index (Phi) is 9.05. The minimum atomic E-state index is -1.79. The summed E-state index contributed by atoms with van der Waals surface area (Å²) >= 11 is 0. The predicted octanol–water partition coefficient (Wildman–Crippen LogP) is 8.49. The third-order valence-electron chi connectivity index (χ3n) is 18.5. The lowest BCUT2D eigenvalue weighted by molar-refractivity contribution is -0.202. The molecule has 0 radical (unpaired) electrons. The van der Waals surface area contributed by atoms with E-state index in [1.54, 1.807) is 17.6 Å². The molecule has 5 aliphatic carbocycles. The molecule has 7 aliphatic rings. The van der Waals surface area contributed by atoms with Crippen LogP contribution in [0.3, 0.4) is 0 Å². The van der Waals surface area contributed by atoms with E-state index in [-0.39, 0.29) is 69.4 Å². The van der Waals surface area contributed by atoms with Crippen molar-refractivity contribution >= 4 is 28.6 Å². The van der Waals surface area contributed by atoms with Gasteiger partial charge in [-0.3, -0.25) is 14.4 Å². The first kappa shape index (κ1) is 41.2. The summed E-state index contributed by atoms with van der Waals surface area (Å²) in [5.41, 5.74) is 1.96. The number of esters is 1. The van der Waals surface area contributed by atoms with E-state index in [1.807, 2.05) is 43.3 Å². The van der Waals surface area contributed by atoms with E-state index in [4.69, 9.17) is 9.72 Å². The number of aromatic nitrogens is 2. The van der Waals surface area contributed by atoms with Gasteiger partial charge in [-0.1, -0.05) is 72.2 Å². The first-order valence-electron chi connectivity index (χ1n) is 22.3. The number of nitrogens with zero attached hydrogens (tertiary/aromatic N) is 2. The number of rotatable bonds is 2. The van der Waals surface area contributed by atoms with Gasteiger partial charge in [0.25, 0.3) is 5.56 Å². The van der Waals surface area contributed by atoms with E-state index >= 15 is 0 Å². The van der Waals surface area contributed by atoms with Crippen LogP contribution in [0.15, 0.2) is 52.8 Å². The average molecular weight is 819 g/mol. The van der Waals surface area contributed by atoms with Gasteiger partial charge in [0, 0.05) is 22.4 Å². The molecule has 3 N–H and O–H groups in total. The molecule has 1 aromatic carbocycles. The highest BCUT2D eigenvalue weighted by Crippen LogP contribution is 2.75. The van der Waals surface area contributed by atoms with Crippen molar-refractivity contribution in [2.45, 2.75) is 144 Å². The molecule has 2 aromatic heterocycles. The normalized spacial score (nSPS) is 39.5. The van der Waals surface area contributed by atoms with Crippen LogP contribution in [0.25, 0.3) is 22.3 Å². The van der Waals surface area contributed by atoms with Crippen molar-refractivity contribution in [3.05, 3.63) is 75.1 Å². The van der Waals surface area contributed by atoms with Gasteiger partial charge in [-0.25, -0.2) is 9.78 Å². The Bertz CT molecular complexity index is 2470. The minimum absolute atomic E-state index is 0.0296. The number of ketones is 1. The molecule has 2 aliphatic heterocycles. The first-order chi connectivity index (χ1) is 28.1. The van der Waals surface area contributed by atoms with Crippen LogP contribution in [0.1, 0.15) is 136 Å². The van der Waals surface area contributed by atoms with Crippen molar-refractivity contribution in [2.75, 3.05) is 0 Å². The van der Waals surface area contributed by atoms with Gasteiger partial charge in [0.05, 0.1) is 40.5 Å². The van der Waals surface area contributed by atoms with Crippen LogP contribution in [0, 0.1) is 50.2 Å². The number of aliphatic carboxylic acids is 1. The van der Waals surface area contributed by atoms with Crippen LogP contribution in [0.5, 0.6) is 0 Å². The highest BCUT2D eigenvalue weighted by molar-refractivity contribution is 5.96. The minimum Gasteiger partial charge on any atom is -0.481 e. The van der Waals surface area contributed by atoms with E-state index < -0.39 is 23.0 Å². The fraction of sp³-hybridized carbons (Fsp3) is 0.620. The van der Waals surface area contributed by atoms with E-state index in [1.165, 1.54) is 5.57 Å². The molecule has 10 nitrogen and oxygen atoms in total. The lowest BCUT2D eigenvalue weighted by Gasteiger charge is -2.70. The molecule has 60 heavy (non-hydrogen) atoms. The molecule has 10 rings (SSSR count). The van der Waals surface area contributed by atoms with Gasteiger partial charge in [0.1, 0.15) is 6.61 Å². The van der Waals surface area contributed by atoms with E-state index in [2.05, 4.69) is 41.5 Å². The zero-order valence-electron chi connectivity index (χ0n) is 36.6. The Hall–Kier alpha value is -4.15. The van der Waals surface area contributed by atoms with Gasteiger partial charge in [-0.05, 0) is 134 Å². The van der Waals surface area contributed by atoms with E-state index in [9.17, 15) is 34.5 Å². The maximum atomic E-state index is 14.2. The predicted molar refractivity (Wildman–Crippen MR) is 228 cm³/mol. The van der Waals surface area contributed by atoms with Gasteiger partial charge >= 0.3 is 11.9 Å². The number of carboxylic acid groups (broad SMARTS) is 1. The van der Waals surface area contributed by atoms with Crippen LogP contribution in [0.2, 0.25) is 0 Å². The zero-order chi connectivity index (χ0) is 43.2. The quantitative estimate of drug-likeness (QED) is 0.169. The van der Waals surface area contributed by atoms with Crippen molar-refractivity contribution in [1.82, 2.24) is 9.55 Å². The molecule has 0 saturated heterocycles. The van der Waals surface area contributed by atoms with Crippen LogP contribution >= 0.6 is 0 Å². The summed E-state index contributed by atoms with van der Waals surface area (Å²) in [5.74, 6) is -0.647. The van der Waals surface area contributed by atoms with Crippen molar-refractivity contribution in [3.8, 4) is 11.4 Å². The molecule has 4 fully saturated rings. The van der Waals surface area contributed by atoms with Crippen LogP contribution in [-0.4, -0.2) is 48.7 Å². The highest BCUT2D eigenvalue weighted by Gasteiger charge is 2.70. The number of cyclic esters (lactones) is 1. The second-order valence-electron chi connectivity index (χ2n) is 21.7. The summed E-state index contributed by atoms with van der Waals surface area (Å²) in [7, 11) is 0. The molecule has 4 heterocycles. The van der Waals surface area contributed by atoms with Gasteiger partial charge in [-0.2, -0.15) is 0 Å². The lowest BCUT2D eigenvalue weighted by atomic mass is 9.33. The third-order valence-corrected chi connectivity index (χ3v) is 18.5. The van der Waals surface area contributed by atoms with Crippen molar-refractivity contribution in [1.29, 1.82) is 0 Å². The molecule has 320 valence electrons. The first-order valence-corrected chi connectivity index (χ1v) is 22.3. The third kappa shape index (κ3) is 5.40. The number of ether oxygens (including phenoxy) is 1. The second kappa shape index (κ2) is 13.2.